The zero-order valence-electron chi connectivity index (χ0n) is 28.3. The van der Waals surface area contributed by atoms with Crippen molar-refractivity contribution < 1.29 is 57.9 Å². The number of hydrogen-bond donors (Lipinski definition) is 2. The van der Waals surface area contributed by atoms with Crippen molar-refractivity contribution in [3.63, 3.8) is 0 Å². The molecule has 1 heterocycles. The number of hydrogen-bond acceptors (Lipinski definition) is 12. The van der Waals surface area contributed by atoms with Gasteiger partial charge in [0.05, 0.1) is 5.92 Å². The molecule has 0 unspecified atom stereocenters. The van der Waals surface area contributed by atoms with Gasteiger partial charge in [0.15, 0.2) is 29.5 Å². The van der Waals surface area contributed by atoms with E-state index in [1.165, 1.54) is 13.8 Å². The second-order valence-corrected chi connectivity index (χ2v) is 13.1. The zero-order valence-corrected chi connectivity index (χ0v) is 28.3. The highest BCUT2D eigenvalue weighted by Crippen LogP contribution is 2.57. The van der Waals surface area contributed by atoms with Crippen LogP contribution in [0.15, 0.2) is 22.8 Å². The van der Waals surface area contributed by atoms with Crippen molar-refractivity contribution in [2.24, 2.45) is 5.92 Å². The van der Waals surface area contributed by atoms with Gasteiger partial charge in [0, 0.05) is 31.8 Å². The highest BCUT2D eigenvalue weighted by molar-refractivity contribution is 5.88. The van der Waals surface area contributed by atoms with Gasteiger partial charge in [-0.15, -0.1) is 0 Å². The Hall–Kier alpha value is -3.25. The van der Waals surface area contributed by atoms with Gasteiger partial charge in [0.1, 0.15) is 11.7 Å². The number of aliphatic hydroxyl groups is 2. The molecule has 0 amide bonds. The molecule has 0 aromatic heterocycles. The van der Waals surface area contributed by atoms with Crippen LogP contribution >= 0.6 is 0 Å². The summed E-state index contributed by atoms with van der Waals surface area (Å²) in [7, 11) is 0. The molecule has 0 aromatic carbocycles. The topological polar surface area (TPSA) is 172 Å². The minimum absolute atomic E-state index is 0.0234. The smallest absolute Gasteiger partial charge is 0.341 e. The third kappa shape index (κ3) is 7.02. The maximum Gasteiger partial charge on any atom is 0.341 e. The molecule has 0 radical (unpaired) electrons. The molecule has 3 rings (SSSR count). The van der Waals surface area contributed by atoms with Gasteiger partial charge in [-0.2, -0.15) is 0 Å². The standard InChI is InChI=1S/C34H50O12/c1-9-12-13-14-15-17-24(37)43-28-26-25(20(5)27(28)44-30(38)19(4)11-3)29-34(41,33(8,40)31(39)45-29)22(42-23(36)16-10-2)18-32(26,7)46-21(6)35/h11,22,26-29,40-41H,9-10,12-18H2,1-8H3/b19-11-/t22-,26-,27+,28+,29+,32+,33-,34-/m1/s1. The van der Waals surface area contributed by atoms with Crippen LogP contribution in [0.1, 0.15) is 113 Å². The van der Waals surface area contributed by atoms with E-state index in [9.17, 15) is 34.2 Å². The summed E-state index contributed by atoms with van der Waals surface area (Å²) in [6.07, 6.45) is 0.272. The number of allylic oxidation sites excluding steroid dienone is 1. The Morgan fingerprint density at radius 1 is 0.935 bits per heavy atom. The van der Waals surface area contributed by atoms with Crippen LogP contribution in [0.3, 0.4) is 0 Å². The lowest BCUT2D eigenvalue weighted by Crippen LogP contribution is -2.64. The molecule has 46 heavy (non-hydrogen) atoms. The molecule has 2 aliphatic carbocycles. The van der Waals surface area contributed by atoms with E-state index in [2.05, 4.69) is 6.92 Å². The van der Waals surface area contributed by atoms with Crippen molar-refractivity contribution in [3.8, 4) is 0 Å². The van der Waals surface area contributed by atoms with Gasteiger partial charge in [-0.25, -0.2) is 9.59 Å². The Bertz CT molecular complexity index is 1260. The van der Waals surface area contributed by atoms with Gasteiger partial charge >= 0.3 is 29.8 Å². The summed E-state index contributed by atoms with van der Waals surface area (Å²) in [5.74, 6) is -5.03. The quantitative estimate of drug-likeness (QED) is 0.0969. The van der Waals surface area contributed by atoms with Crippen molar-refractivity contribution >= 4 is 29.8 Å². The first-order chi connectivity index (χ1) is 21.5. The molecule has 0 spiro atoms. The van der Waals surface area contributed by atoms with E-state index in [-0.39, 0.29) is 29.6 Å². The van der Waals surface area contributed by atoms with Crippen molar-refractivity contribution in [2.75, 3.05) is 0 Å². The molecule has 2 N–H and O–H groups in total. The summed E-state index contributed by atoms with van der Waals surface area (Å²) in [5.41, 5.74) is -6.12. The second kappa shape index (κ2) is 14.7. The van der Waals surface area contributed by atoms with E-state index < -0.39 is 83.4 Å². The molecular formula is C34H50O12. The number of carbonyl (C=O) groups is 5. The number of carbonyl (C=O) groups excluding carboxylic acids is 5. The Morgan fingerprint density at radius 2 is 1.57 bits per heavy atom. The van der Waals surface area contributed by atoms with Gasteiger partial charge in [0.25, 0.3) is 0 Å². The third-order valence-corrected chi connectivity index (χ3v) is 9.51. The molecule has 3 aliphatic rings. The van der Waals surface area contributed by atoms with Crippen LogP contribution in [0.4, 0.5) is 0 Å². The van der Waals surface area contributed by atoms with Gasteiger partial charge in [0.2, 0.25) is 0 Å². The third-order valence-electron chi connectivity index (χ3n) is 9.51. The molecule has 0 aromatic rings. The zero-order chi connectivity index (χ0) is 34.6. The minimum Gasteiger partial charge on any atom is -0.459 e. The highest BCUT2D eigenvalue weighted by atomic mass is 16.6. The Kier molecular flexibility index (Phi) is 11.9. The van der Waals surface area contributed by atoms with Crippen LogP contribution in [-0.2, 0) is 47.7 Å². The molecule has 258 valence electrons. The fraction of sp³-hybridized carbons (Fsp3) is 0.735. The summed E-state index contributed by atoms with van der Waals surface area (Å²) < 4.78 is 29.3. The SMILES string of the molecule is C/C=C(/C)C(=O)O[C@H]1C(C)=C2[C@H]([C@@H]1OC(=O)CCCCCCC)[C@@](C)(OC(C)=O)C[C@@H](OC(=O)CCC)[C@@]1(O)[C@H]2OC(=O)[C@@]1(C)O. The van der Waals surface area contributed by atoms with Crippen LogP contribution in [0.5, 0.6) is 0 Å². The van der Waals surface area contributed by atoms with Gasteiger partial charge < -0.3 is 33.9 Å². The lowest BCUT2D eigenvalue weighted by Gasteiger charge is -2.41. The van der Waals surface area contributed by atoms with Crippen LogP contribution in [0.2, 0.25) is 0 Å². The van der Waals surface area contributed by atoms with Crippen molar-refractivity contribution in [1.29, 1.82) is 0 Å². The van der Waals surface area contributed by atoms with Crippen molar-refractivity contribution in [2.45, 2.75) is 154 Å². The molecule has 12 nitrogen and oxygen atoms in total. The Morgan fingerprint density at radius 3 is 2.15 bits per heavy atom. The molecule has 1 saturated carbocycles. The maximum atomic E-state index is 13.3. The number of fused-ring (bicyclic) bond motifs is 3. The van der Waals surface area contributed by atoms with Crippen LogP contribution in [0.25, 0.3) is 0 Å². The first-order valence-corrected chi connectivity index (χ1v) is 16.3. The van der Waals surface area contributed by atoms with Gasteiger partial charge in [-0.1, -0.05) is 45.6 Å². The normalized spacial score (nSPS) is 33.8. The lowest BCUT2D eigenvalue weighted by atomic mass is 9.75. The first-order valence-electron chi connectivity index (χ1n) is 16.3. The molecular weight excluding hydrogens is 600 g/mol. The Labute approximate surface area is 270 Å². The van der Waals surface area contributed by atoms with E-state index in [0.717, 1.165) is 32.6 Å². The van der Waals surface area contributed by atoms with Crippen LogP contribution in [0, 0.1) is 5.92 Å². The second-order valence-electron chi connectivity index (χ2n) is 13.1. The van der Waals surface area contributed by atoms with Gasteiger partial charge in [-0.3, -0.25) is 14.4 Å². The number of esters is 5. The van der Waals surface area contributed by atoms with E-state index in [1.54, 1.807) is 33.8 Å². The summed E-state index contributed by atoms with van der Waals surface area (Å²) in [6, 6.07) is 0. The van der Waals surface area contributed by atoms with Crippen LogP contribution < -0.4 is 0 Å². The largest absolute Gasteiger partial charge is 0.459 e. The van der Waals surface area contributed by atoms with Crippen molar-refractivity contribution in [3.05, 3.63) is 22.8 Å². The first kappa shape index (κ1) is 37.2. The predicted octanol–water partition coefficient (Wildman–Crippen LogP) is 3.93. The van der Waals surface area contributed by atoms with E-state index in [1.807, 2.05) is 0 Å². The van der Waals surface area contributed by atoms with Crippen LogP contribution in [-0.4, -0.2) is 81.3 Å². The number of unbranched alkanes of at least 4 members (excludes halogenated alkanes) is 4. The summed E-state index contributed by atoms with van der Waals surface area (Å²) >= 11 is 0. The number of rotatable bonds is 13. The fourth-order valence-corrected chi connectivity index (χ4v) is 6.90. The monoisotopic (exact) mass is 650 g/mol. The summed E-state index contributed by atoms with van der Waals surface area (Å²) in [6.45, 7) is 12.4. The average Bonchev–Trinajstić information content (AvgIpc) is 3.30. The highest BCUT2D eigenvalue weighted by Gasteiger charge is 2.76. The van der Waals surface area contributed by atoms with Crippen molar-refractivity contribution in [1.82, 2.24) is 0 Å². The minimum atomic E-state index is -2.57. The average molecular weight is 651 g/mol. The van der Waals surface area contributed by atoms with E-state index in [0.29, 0.717) is 12.8 Å². The lowest BCUT2D eigenvalue weighted by molar-refractivity contribution is -0.212. The molecule has 12 heteroatoms. The Balaban J connectivity index is 2.23. The molecule has 0 bridgehead atoms. The maximum absolute atomic E-state index is 13.3. The number of ether oxygens (including phenoxy) is 5. The predicted molar refractivity (Wildman–Crippen MR) is 164 cm³/mol. The van der Waals surface area contributed by atoms with E-state index >= 15 is 0 Å². The summed E-state index contributed by atoms with van der Waals surface area (Å²) in [4.78, 5) is 65.1. The summed E-state index contributed by atoms with van der Waals surface area (Å²) in [5, 5.41) is 23.9. The fourth-order valence-electron chi connectivity index (χ4n) is 6.90. The molecule has 1 saturated heterocycles. The molecule has 2 fully saturated rings. The van der Waals surface area contributed by atoms with E-state index in [4.69, 9.17) is 23.7 Å². The molecule has 8 atom stereocenters. The van der Waals surface area contributed by atoms with Gasteiger partial charge in [-0.05, 0) is 58.6 Å². The molecule has 1 aliphatic heterocycles.